The standard InChI is InChI=1S/C16H13ClN2OS/c1-9-3-6-11(7-4-9)15(20)19-16-18-13-10(2)5-8-12(17)14(13)21-16/h3-8H,1-2H3,(H,18,19,20). The predicted octanol–water partition coefficient (Wildman–Crippen LogP) is 4.82. The molecule has 1 N–H and O–H groups in total. The molecule has 0 unspecified atom stereocenters. The highest BCUT2D eigenvalue weighted by Crippen LogP contribution is 2.33. The van der Waals surface area contributed by atoms with E-state index in [1.54, 1.807) is 12.1 Å². The summed E-state index contributed by atoms with van der Waals surface area (Å²) in [6.07, 6.45) is 0. The normalized spacial score (nSPS) is 10.8. The minimum Gasteiger partial charge on any atom is -0.298 e. The Labute approximate surface area is 131 Å². The van der Waals surface area contributed by atoms with Gasteiger partial charge in [0.25, 0.3) is 5.91 Å². The lowest BCUT2D eigenvalue weighted by Crippen LogP contribution is -2.11. The molecule has 0 saturated heterocycles. The molecule has 0 aliphatic rings. The molecule has 1 heterocycles. The van der Waals surface area contributed by atoms with Crippen LogP contribution >= 0.6 is 22.9 Å². The molecule has 106 valence electrons. The fourth-order valence-corrected chi connectivity index (χ4v) is 3.24. The molecular formula is C16H13ClN2OS. The zero-order chi connectivity index (χ0) is 15.0. The Bertz CT molecular complexity index is 785. The van der Waals surface area contributed by atoms with Gasteiger partial charge in [0, 0.05) is 5.56 Å². The Balaban J connectivity index is 1.91. The molecule has 1 aromatic heterocycles. The van der Waals surface area contributed by atoms with Crippen molar-refractivity contribution in [3.05, 3.63) is 58.1 Å². The maximum Gasteiger partial charge on any atom is 0.257 e. The van der Waals surface area contributed by atoms with E-state index in [2.05, 4.69) is 10.3 Å². The minimum atomic E-state index is -0.164. The van der Waals surface area contributed by atoms with Crippen molar-refractivity contribution in [3.63, 3.8) is 0 Å². The van der Waals surface area contributed by atoms with Crippen molar-refractivity contribution < 1.29 is 4.79 Å². The van der Waals surface area contributed by atoms with Gasteiger partial charge in [-0.2, -0.15) is 0 Å². The third kappa shape index (κ3) is 2.77. The number of hydrogen-bond acceptors (Lipinski definition) is 3. The van der Waals surface area contributed by atoms with Crippen LogP contribution in [0.25, 0.3) is 10.2 Å². The molecule has 21 heavy (non-hydrogen) atoms. The number of carbonyl (C=O) groups is 1. The largest absolute Gasteiger partial charge is 0.298 e. The van der Waals surface area contributed by atoms with Gasteiger partial charge in [0.2, 0.25) is 0 Å². The lowest BCUT2D eigenvalue weighted by atomic mass is 10.1. The molecule has 0 spiro atoms. The number of aryl methyl sites for hydroxylation is 2. The smallest absolute Gasteiger partial charge is 0.257 e. The number of fused-ring (bicyclic) bond motifs is 1. The maximum atomic E-state index is 12.2. The molecule has 0 aliphatic heterocycles. The van der Waals surface area contributed by atoms with Crippen molar-refractivity contribution >= 4 is 44.2 Å². The Hall–Kier alpha value is -1.91. The van der Waals surface area contributed by atoms with Crippen LogP contribution in [-0.2, 0) is 0 Å². The molecule has 1 amide bonds. The van der Waals surface area contributed by atoms with E-state index in [1.807, 2.05) is 38.1 Å². The summed E-state index contributed by atoms with van der Waals surface area (Å²) in [6, 6.07) is 11.2. The molecule has 0 saturated carbocycles. The van der Waals surface area contributed by atoms with E-state index in [0.29, 0.717) is 15.7 Å². The highest BCUT2D eigenvalue weighted by molar-refractivity contribution is 7.23. The van der Waals surface area contributed by atoms with Gasteiger partial charge < -0.3 is 0 Å². The molecule has 0 fully saturated rings. The molecular weight excluding hydrogens is 304 g/mol. The zero-order valence-corrected chi connectivity index (χ0v) is 13.2. The van der Waals surface area contributed by atoms with E-state index in [1.165, 1.54) is 11.3 Å². The van der Waals surface area contributed by atoms with Crippen molar-refractivity contribution in [1.29, 1.82) is 0 Å². The van der Waals surface area contributed by atoms with Crippen LogP contribution in [0.1, 0.15) is 21.5 Å². The van der Waals surface area contributed by atoms with Crippen LogP contribution in [0, 0.1) is 13.8 Å². The van der Waals surface area contributed by atoms with Crippen molar-refractivity contribution in [1.82, 2.24) is 4.98 Å². The van der Waals surface area contributed by atoms with Crippen molar-refractivity contribution in [2.45, 2.75) is 13.8 Å². The topological polar surface area (TPSA) is 42.0 Å². The second-order valence-corrected chi connectivity index (χ2v) is 6.29. The summed E-state index contributed by atoms with van der Waals surface area (Å²) < 4.78 is 0.899. The van der Waals surface area contributed by atoms with Crippen LogP contribution in [0.4, 0.5) is 5.13 Å². The van der Waals surface area contributed by atoms with E-state index >= 15 is 0 Å². The van der Waals surface area contributed by atoms with Crippen LogP contribution in [0.5, 0.6) is 0 Å². The number of aromatic nitrogens is 1. The van der Waals surface area contributed by atoms with Crippen LogP contribution in [0.3, 0.4) is 0 Å². The van der Waals surface area contributed by atoms with E-state index in [4.69, 9.17) is 11.6 Å². The average Bonchev–Trinajstić information content (AvgIpc) is 2.89. The van der Waals surface area contributed by atoms with Crippen LogP contribution in [0.15, 0.2) is 36.4 Å². The minimum absolute atomic E-state index is 0.164. The second-order valence-electron chi connectivity index (χ2n) is 4.88. The van der Waals surface area contributed by atoms with Gasteiger partial charge in [0.05, 0.1) is 15.2 Å². The number of rotatable bonds is 2. The van der Waals surface area contributed by atoms with E-state index < -0.39 is 0 Å². The third-order valence-corrected chi connectivity index (χ3v) is 4.66. The molecule has 0 atom stereocenters. The SMILES string of the molecule is Cc1ccc(C(=O)Nc2nc3c(C)ccc(Cl)c3s2)cc1. The van der Waals surface area contributed by atoms with Gasteiger partial charge in [-0.05, 0) is 37.6 Å². The first kappa shape index (κ1) is 14.0. The van der Waals surface area contributed by atoms with E-state index in [9.17, 15) is 4.79 Å². The molecule has 5 heteroatoms. The Morgan fingerprint density at radius 1 is 1.14 bits per heavy atom. The number of halogens is 1. The molecule has 0 radical (unpaired) electrons. The lowest BCUT2D eigenvalue weighted by molar-refractivity contribution is 0.102. The van der Waals surface area contributed by atoms with Crippen LogP contribution in [-0.4, -0.2) is 10.9 Å². The number of benzene rings is 2. The maximum absolute atomic E-state index is 12.2. The fraction of sp³-hybridized carbons (Fsp3) is 0.125. The lowest BCUT2D eigenvalue weighted by Gasteiger charge is -2.01. The quantitative estimate of drug-likeness (QED) is 0.736. The summed E-state index contributed by atoms with van der Waals surface area (Å²) in [7, 11) is 0. The number of thiazole rings is 1. The van der Waals surface area contributed by atoms with Gasteiger partial charge in [0.15, 0.2) is 5.13 Å². The van der Waals surface area contributed by atoms with Crippen molar-refractivity contribution in [2.24, 2.45) is 0 Å². The monoisotopic (exact) mass is 316 g/mol. The summed E-state index contributed by atoms with van der Waals surface area (Å²) in [5.74, 6) is -0.164. The van der Waals surface area contributed by atoms with Crippen LogP contribution < -0.4 is 5.32 Å². The first-order valence-electron chi connectivity index (χ1n) is 6.48. The third-order valence-electron chi connectivity index (χ3n) is 3.23. The summed E-state index contributed by atoms with van der Waals surface area (Å²) in [6.45, 7) is 3.96. The highest BCUT2D eigenvalue weighted by Gasteiger charge is 2.12. The van der Waals surface area contributed by atoms with Gasteiger partial charge in [-0.15, -0.1) is 0 Å². The number of nitrogens with one attached hydrogen (secondary N) is 1. The number of amides is 1. The first-order chi connectivity index (χ1) is 10.0. The van der Waals surface area contributed by atoms with E-state index in [0.717, 1.165) is 21.3 Å². The van der Waals surface area contributed by atoms with Crippen LogP contribution in [0.2, 0.25) is 5.02 Å². The van der Waals surface area contributed by atoms with Gasteiger partial charge in [-0.25, -0.2) is 4.98 Å². The first-order valence-corrected chi connectivity index (χ1v) is 7.68. The molecule has 3 aromatic rings. The van der Waals surface area contributed by atoms with Crippen molar-refractivity contribution in [3.8, 4) is 0 Å². The Kier molecular flexibility index (Phi) is 3.66. The summed E-state index contributed by atoms with van der Waals surface area (Å²) in [5, 5.41) is 4.05. The molecule has 2 aromatic carbocycles. The Morgan fingerprint density at radius 2 is 1.86 bits per heavy atom. The molecule has 0 bridgehead atoms. The predicted molar refractivity (Wildman–Crippen MR) is 88.5 cm³/mol. The fourth-order valence-electron chi connectivity index (χ4n) is 2.03. The van der Waals surface area contributed by atoms with Gasteiger partial charge >= 0.3 is 0 Å². The summed E-state index contributed by atoms with van der Waals surface area (Å²) in [4.78, 5) is 16.7. The van der Waals surface area contributed by atoms with Gasteiger partial charge in [0.1, 0.15) is 0 Å². The molecule has 0 aliphatic carbocycles. The number of carbonyl (C=O) groups excluding carboxylic acids is 1. The van der Waals surface area contributed by atoms with E-state index in [-0.39, 0.29) is 5.91 Å². The summed E-state index contributed by atoms with van der Waals surface area (Å²) in [5.41, 5.74) is 3.62. The highest BCUT2D eigenvalue weighted by atomic mass is 35.5. The van der Waals surface area contributed by atoms with Gasteiger partial charge in [-0.1, -0.05) is 46.7 Å². The van der Waals surface area contributed by atoms with Gasteiger partial charge in [-0.3, -0.25) is 10.1 Å². The zero-order valence-electron chi connectivity index (χ0n) is 11.6. The second kappa shape index (κ2) is 5.47. The van der Waals surface area contributed by atoms with Crippen molar-refractivity contribution in [2.75, 3.05) is 5.32 Å². The molecule has 3 nitrogen and oxygen atoms in total. The average molecular weight is 317 g/mol. The number of hydrogen-bond donors (Lipinski definition) is 1. The summed E-state index contributed by atoms with van der Waals surface area (Å²) >= 11 is 7.56. The molecule has 3 rings (SSSR count). The number of anilines is 1. The Morgan fingerprint density at radius 3 is 2.52 bits per heavy atom. The number of nitrogens with zero attached hydrogens (tertiary/aromatic N) is 1.